The predicted molar refractivity (Wildman–Crippen MR) is 98.2 cm³/mol. The van der Waals surface area contributed by atoms with Gasteiger partial charge in [0.2, 0.25) is 5.91 Å². The molecule has 28 heavy (non-hydrogen) atoms. The molecule has 2 saturated heterocycles. The van der Waals surface area contributed by atoms with Gasteiger partial charge >= 0.3 is 0 Å². The van der Waals surface area contributed by atoms with Gasteiger partial charge in [0.1, 0.15) is 5.69 Å². The largest absolute Gasteiger partial charge is 0.338 e. The maximum atomic E-state index is 14.0. The first kappa shape index (κ1) is 18.5. The molecule has 0 radical (unpaired) electrons. The van der Waals surface area contributed by atoms with Gasteiger partial charge in [0.05, 0.1) is 5.41 Å². The summed E-state index contributed by atoms with van der Waals surface area (Å²) in [6.45, 7) is 1.37. The Labute approximate surface area is 162 Å². The molecule has 0 saturated carbocycles. The highest BCUT2D eigenvalue weighted by Gasteiger charge is 2.49. The number of piperidine rings is 1. The Hall–Kier alpha value is -2.83. The van der Waals surface area contributed by atoms with Crippen LogP contribution in [0.5, 0.6) is 0 Å². The first-order valence-corrected chi connectivity index (χ1v) is 9.43. The lowest BCUT2D eigenvalue weighted by Gasteiger charge is -2.39. The molecule has 2 aliphatic rings. The van der Waals surface area contributed by atoms with Crippen LogP contribution in [0.15, 0.2) is 42.6 Å². The minimum Gasteiger partial charge on any atom is -0.338 e. The third-order valence-corrected chi connectivity index (χ3v) is 5.74. The second-order valence-corrected chi connectivity index (χ2v) is 7.52. The lowest BCUT2D eigenvalue weighted by molar-refractivity contribution is -0.146. The Balaban J connectivity index is 1.50. The molecule has 2 aliphatic heterocycles. The van der Waals surface area contributed by atoms with E-state index in [4.69, 9.17) is 0 Å². The second kappa shape index (κ2) is 7.30. The Kier molecular flexibility index (Phi) is 4.83. The monoisotopic (exact) mass is 385 g/mol. The molecule has 0 unspecified atom stereocenters. The number of carbonyl (C=O) groups is 2. The Bertz CT molecular complexity index is 906. The van der Waals surface area contributed by atoms with Gasteiger partial charge in [-0.05, 0) is 37.5 Å². The number of hydrogen-bond acceptors (Lipinski definition) is 3. The summed E-state index contributed by atoms with van der Waals surface area (Å²) in [5.41, 5.74) is -0.113. The maximum Gasteiger partial charge on any atom is 0.272 e. The molecule has 5 nitrogen and oxygen atoms in total. The molecule has 2 fully saturated rings. The van der Waals surface area contributed by atoms with Crippen LogP contribution in [0.4, 0.5) is 8.78 Å². The molecule has 1 spiro atoms. The van der Waals surface area contributed by atoms with E-state index in [0.29, 0.717) is 38.2 Å². The van der Waals surface area contributed by atoms with Crippen LogP contribution in [-0.2, 0) is 11.3 Å². The van der Waals surface area contributed by atoms with Crippen molar-refractivity contribution in [2.75, 3.05) is 19.6 Å². The number of pyridine rings is 1. The summed E-state index contributed by atoms with van der Waals surface area (Å²) in [6, 6.07) is 9.17. The van der Waals surface area contributed by atoms with Crippen molar-refractivity contribution in [1.29, 1.82) is 0 Å². The highest BCUT2D eigenvalue weighted by Crippen LogP contribution is 2.41. The Morgan fingerprint density at radius 3 is 2.75 bits per heavy atom. The normalized spacial score (nSPS) is 22.1. The van der Waals surface area contributed by atoms with Crippen LogP contribution in [0.3, 0.4) is 0 Å². The number of carbonyl (C=O) groups excluding carboxylic acids is 2. The molecule has 7 heteroatoms. The van der Waals surface area contributed by atoms with Gasteiger partial charge in [0.15, 0.2) is 11.6 Å². The van der Waals surface area contributed by atoms with Gasteiger partial charge in [-0.2, -0.15) is 0 Å². The van der Waals surface area contributed by atoms with Gasteiger partial charge < -0.3 is 9.80 Å². The third kappa shape index (κ3) is 3.25. The molecule has 2 amide bonds. The summed E-state index contributed by atoms with van der Waals surface area (Å²) in [4.78, 5) is 33.3. The number of halogens is 2. The molecular weight excluding hydrogens is 364 g/mol. The van der Waals surface area contributed by atoms with Crippen LogP contribution in [0, 0.1) is 17.0 Å². The van der Waals surface area contributed by atoms with Crippen LogP contribution < -0.4 is 0 Å². The van der Waals surface area contributed by atoms with Crippen molar-refractivity contribution in [3.05, 3.63) is 65.5 Å². The molecule has 0 aliphatic carbocycles. The first-order chi connectivity index (χ1) is 13.5. The van der Waals surface area contributed by atoms with Crippen molar-refractivity contribution in [3.63, 3.8) is 0 Å². The second-order valence-electron chi connectivity index (χ2n) is 7.52. The lowest BCUT2D eigenvalue weighted by Crippen LogP contribution is -2.50. The molecule has 2 aromatic rings. The Morgan fingerprint density at radius 1 is 1.11 bits per heavy atom. The first-order valence-electron chi connectivity index (χ1n) is 9.43. The zero-order valence-electron chi connectivity index (χ0n) is 15.4. The van der Waals surface area contributed by atoms with E-state index in [9.17, 15) is 18.4 Å². The number of amides is 2. The zero-order valence-corrected chi connectivity index (χ0v) is 15.4. The molecular formula is C21H21F2N3O2. The van der Waals surface area contributed by atoms with E-state index in [2.05, 4.69) is 4.98 Å². The molecule has 1 aromatic heterocycles. The number of rotatable bonds is 3. The van der Waals surface area contributed by atoms with Crippen molar-refractivity contribution in [2.45, 2.75) is 25.8 Å². The Morgan fingerprint density at radius 2 is 1.96 bits per heavy atom. The average Bonchev–Trinajstić information content (AvgIpc) is 3.14. The predicted octanol–water partition coefficient (Wildman–Crippen LogP) is 3.01. The van der Waals surface area contributed by atoms with E-state index in [0.717, 1.165) is 12.5 Å². The fourth-order valence-corrected chi connectivity index (χ4v) is 4.25. The topological polar surface area (TPSA) is 53.5 Å². The highest BCUT2D eigenvalue weighted by atomic mass is 19.2. The summed E-state index contributed by atoms with van der Waals surface area (Å²) >= 11 is 0. The van der Waals surface area contributed by atoms with Gasteiger partial charge in [0, 0.05) is 37.9 Å². The third-order valence-electron chi connectivity index (χ3n) is 5.74. The average molecular weight is 385 g/mol. The van der Waals surface area contributed by atoms with E-state index < -0.39 is 17.0 Å². The van der Waals surface area contributed by atoms with E-state index in [1.165, 1.54) is 12.1 Å². The minimum absolute atomic E-state index is 0.0400. The number of likely N-dealkylation sites (tertiary alicyclic amines) is 2. The standard InChI is InChI=1S/C21H21F2N3O2/c22-16-6-3-5-15(18(16)23)13-25-11-4-8-21(20(25)28)9-12-26(14-21)19(27)17-7-1-2-10-24-17/h1-3,5-7,10H,4,8-9,11-14H2/t21-/m1/s1. The van der Waals surface area contributed by atoms with E-state index in [1.54, 1.807) is 34.2 Å². The highest BCUT2D eigenvalue weighted by molar-refractivity contribution is 5.93. The molecule has 4 rings (SSSR count). The summed E-state index contributed by atoms with van der Waals surface area (Å²) in [5, 5.41) is 0. The van der Waals surface area contributed by atoms with Crippen molar-refractivity contribution in [2.24, 2.45) is 5.41 Å². The number of benzene rings is 1. The van der Waals surface area contributed by atoms with E-state index >= 15 is 0 Å². The number of nitrogens with zero attached hydrogens (tertiary/aromatic N) is 3. The van der Waals surface area contributed by atoms with Crippen LogP contribution in [0.1, 0.15) is 35.3 Å². The van der Waals surface area contributed by atoms with Crippen molar-refractivity contribution in [3.8, 4) is 0 Å². The summed E-state index contributed by atoms with van der Waals surface area (Å²) in [6.07, 6.45) is 3.61. The smallest absolute Gasteiger partial charge is 0.272 e. The van der Waals surface area contributed by atoms with Crippen molar-refractivity contribution < 1.29 is 18.4 Å². The number of hydrogen-bond donors (Lipinski definition) is 0. The minimum atomic E-state index is -0.912. The van der Waals surface area contributed by atoms with Crippen LogP contribution >= 0.6 is 0 Å². The molecule has 1 aromatic carbocycles. The molecule has 0 bridgehead atoms. The van der Waals surface area contributed by atoms with Crippen LogP contribution in [0.25, 0.3) is 0 Å². The van der Waals surface area contributed by atoms with Gasteiger partial charge in [0.25, 0.3) is 5.91 Å². The lowest BCUT2D eigenvalue weighted by atomic mass is 9.78. The van der Waals surface area contributed by atoms with Gasteiger partial charge in [-0.25, -0.2) is 8.78 Å². The molecule has 0 N–H and O–H groups in total. The van der Waals surface area contributed by atoms with Crippen molar-refractivity contribution in [1.82, 2.24) is 14.8 Å². The summed E-state index contributed by atoms with van der Waals surface area (Å²) in [5.74, 6) is -2.09. The van der Waals surface area contributed by atoms with E-state index in [1.807, 2.05) is 0 Å². The maximum absolute atomic E-state index is 14.0. The van der Waals surface area contributed by atoms with Crippen LogP contribution in [0.2, 0.25) is 0 Å². The van der Waals surface area contributed by atoms with Gasteiger partial charge in [-0.1, -0.05) is 18.2 Å². The van der Waals surface area contributed by atoms with Gasteiger partial charge in [-0.15, -0.1) is 0 Å². The molecule has 3 heterocycles. The van der Waals surface area contributed by atoms with E-state index in [-0.39, 0.29) is 23.9 Å². The SMILES string of the molecule is O=C(c1ccccn1)N1CC[C@]2(CCCN(Cc3cccc(F)c3F)C2=O)C1. The molecule has 1 atom stereocenters. The fourth-order valence-electron chi connectivity index (χ4n) is 4.25. The van der Waals surface area contributed by atoms with Gasteiger partial charge in [-0.3, -0.25) is 14.6 Å². The van der Waals surface area contributed by atoms with Crippen LogP contribution in [-0.4, -0.2) is 46.2 Å². The number of aromatic nitrogens is 1. The van der Waals surface area contributed by atoms with Crippen molar-refractivity contribution >= 4 is 11.8 Å². The molecule has 146 valence electrons. The summed E-state index contributed by atoms with van der Waals surface area (Å²) in [7, 11) is 0. The zero-order chi connectivity index (χ0) is 19.7. The summed E-state index contributed by atoms with van der Waals surface area (Å²) < 4.78 is 27.5. The fraction of sp³-hybridized carbons (Fsp3) is 0.381. The quantitative estimate of drug-likeness (QED) is 0.816.